The predicted molar refractivity (Wildman–Crippen MR) is 87.1 cm³/mol. The summed E-state index contributed by atoms with van der Waals surface area (Å²) in [5.41, 5.74) is 0.548. The molecule has 0 saturated heterocycles. The molecule has 1 amide bonds. The van der Waals surface area contributed by atoms with E-state index in [1.165, 1.54) is 39.5 Å². The number of carbonyl (C=O) groups is 1. The standard InChI is InChI=1S/C17H17F2NO5/c1-22-12-7-11(8-13(9-12)23-2)20-16(21)10-4-5-14(24-3)15(6-10)25-17(18)19/h4-9,17H,1-3H3,(H,20,21). The summed E-state index contributed by atoms with van der Waals surface area (Å²) < 4.78 is 44.5. The van der Waals surface area contributed by atoms with Gasteiger partial charge in [-0.2, -0.15) is 8.78 Å². The summed E-state index contributed by atoms with van der Waals surface area (Å²) in [6.07, 6.45) is 0. The Balaban J connectivity index is 2.26. The molecule has 0 unspecified atom stereocenters. The molecule has 25 heavy (non-hydrogen) atoms. The van der Waals surface area contributed by atoms with Crippen LogP contribution in [0.2, 0.25) is 0 Å². The van der Waals surface area contributed by atoms with Gasteiger partial charge in [0.25, 0.3) is 5.91 Å². The van der Waals surface area contributed by atoms with Crippen molar-refractivity contribution in [3.63, 3.8) is 0 Å². The monoisotopic (exact) mass is 353 g/mol. The first-order chi connectivity index (χ1) is 12.0. The largest absolute Gasteiger partial charge is 0.497 e. The average molecular weight is 353 g/mol. The molecule has 0 aromatic heterocycles. The Morgan fingerprint density at radius 1 is 0.920 bits per heavy atom. The predicted octanol–water partition coefficient (Wildman–Crippen LogP) is 3.57. The lowest BCUT2D eigenvalue weighted by Crippen LogP contribution is -2.13. The van der Waals surface area contributed by atoms with Crippen molar-refractivity contribution in [2.24, 2.45) is 0 Å². The molecule has 6 nitrogen and oxygen atoms in total. The molecule has 2 aromatic rings. The molecular weight excluding hydrogens is 336 g/mol. The van der Waals surface area contributed by atoms with E-state index in [0.717, 1.165) is 0 Å². The van der Waals surface area contributed by atoms with Gasteiger partial charge in [-0.3, -0.25) is 4.79 Å². The number of rotatable bonds is 7. The SMILES string of the molecule is COc1cc(NC(=O)c2ccc(OC)c(OC(F)F)c2)cc(OC)c1. The number of amides is 1. The Kier molecular flexibility index (Phi) is 5.99. The van der Waals surface area contributed by atoms with Crippen molar-refractivity contribution in [2.45, 2.75) is 6.61 Å². The van der Waals surface area contributed by atoms with Crippen molar-refractivity contribution in [2.75, 3.05) is 26.6 Å². The highest BCUT2D eigenvalue weighted by molar-refractivity contribution is 6.04. The maximum Gasteiger partial charge on any atom is 0.387 e. The number of alkyl halides is 2. The highest BCUT2D eigenvalue weighted by atomic mass is 19.3. The van der Waals surface area contributed by atoms with Gasteiger partial charge in [-0.1, -0.05) is 0 Å². The van der Waals surface area contributed by atoms with Crippen molar-refractivity contribution in [1.29, 1.82) is 0 Å². The maximum atomic E-state index is 12.5. The number of anilines is 1. The van der Waals surface area contributed by atoms with Crippen LogP contribution in [0.3, 0.4) is 0 Å². The molecule has 0 saturated carbocycles. The van der Waals surface area contributed by atoms with Crippen LogP contribution in [0.1, 0.15) is 10.4 Å². The number of halogens is 2. The van der Waals surface area contributed by atoms with E-state index in [0.29, 0.717) is 17.2 Å². The lowest BCUT2D eigenvalue weighted by molar-refractivity contribution is -0.0512. The van der Waals surface area contributed by atoms with Gasteiger partial charge < -0.3 is 24.3 Å². The first kappa shape index (κ1) is 18.3. The molecule has 0 aliphatic rings. The van der Waals surface area contributed by atoms with Crippen LogP contribution in [-0.4, -0.2) is 33.8 Å². The number of ether oxygens (including phenoxy) is 4. The minimum atomic E-state index is -3.03. The first-order valence-corrected chi connectivity index (χ1v) is 7.14. The van der Waals surface area contributed by atoms with Crippen molar-refractivity contribution in [3.8, 4) is 23.0 Å². The summed E-state index contributed by atoms with van der Waals surface area (Å²) >= 11 is 0. The van der Waals surface area contributed by atoms with Gasteiger partial charge in [0.15, 0.2) is 11.5 Å². The van der Waals surface area contributed by atoms with Gasteiger partial charge >= 0.3 is 6.61 Å². The van der Waals surface area contributed by atoms with Gasteiger partial charge in [0, 0.05) is 29.4 Å². The van der Waals surface area contributed by atoms with E-state index >= 15 is 0 Å². The number of hydrogen-bond acceptors (Lipinski definition) is 5. The Morgan fingerprint density at radius 3 is 2.08 bits per heavy atom. The van der Waals surface area contributed by atoms with Crippen molar-refractivity contribution in [1.82, 2.24) is 0 Å². The lowest BCUT2D eigenvalue weighted by Gasteiger charge is -2.12. The number of benzene rings is 2. The van der Waals surface area contributed by atoms with Crippen LogP contribution in [0, 0.1) is 0 Å². The van der Waals surface area contributed by atoms with E-state index in [1.54, 1.807) is 18.2 Å². The van der Waals surface area contributed by atoms with Crippen LogP contribution in [0.4, 0.5) is 14.5 Å². The molecule has 0 aliphatic carbocycles. The molecule has 0 aliphatic heterocycles. The smallest absolute Gasteiger partial charge is 0.387 e. The van der Waals surface area contributed by atoms with Crippen LogP contribution >= 0.6 is 0 Å². The molecule has 2 rings (SSSR count). The fourth-order valence-corrected chi connectivity index (χ4v) is 2.09. The molecule has 0 radical (unpaired) electrons. The lowest BCUT2D eigenvalue weighted by atomic mass is 10.1. The Morgan fingerprint density at radius 2 is 1.56 bits per heavy atom. The minimum Gasteiger partial charge on any atom is -0.497 e. The van der Waals surface area contributed by atoms with Crippen LogP contribution in [-0.2, 0) is 0 Å². The summed E-state index contributed by atoms with van der Waals surface area (Å²) in [7, 11) is 4.28. The van der Waals surface area contributed by atoms with Gasteiger partial charge in [-0.15, -0.1) is 0 Å². The molecule has 0 heterocycles. The second kappa shape index (κ2) is 8.18. The van der Waals surface area contributed by atoms with E-state index < -0.39 is 12.5 Å². The molecule has 134 valence electrons. The van der Waals surface area contributed by atoms with E-state index in [9.17, 15) is 13.6 Å². The van der Waals surface area contributed by atoms with Gasteiger partial charge in [0.1, 0.15) is 11.5 Å². The van der Waals surface area contributed by atoms with Crippen molar-refractivity contribution >= 4 is 11.6 Å². The summed E-state index contributed by atoms with van der Waals surface area (Å²) in [5, 5.41) is 2.64. The topological polar surface area (TPSA) is 66.0 Å². The van der Waals surface area contributed by atoms with E-state index in [-0.39, 0.29) is 17.1 Å². The Bertz CT molecular complexity index is 730. The fraction of sp³-hybridized carbons (Fsp3) is 0.235. The number of hydrogen-bond donors (Lipinski definition) is 1. The van der Waals surface area contributed by atoms with Gasteiger partial charge in [0.05, 0.1) is 21.3 Å². The van der Waals surface area contributed by atoms with E-state index in [4.69, 9.17) is 14.2 Å². The van der Waals surface area contributed by atoms with E-state index in [1.807, 2.05) is 0 Å². The molecule has 0 fully saturated rings. The molecule has 0 spiro atoms. The van der Waals surface area contributed by atoms with Gasteiger partial charge in [-0.25, -0.2) is 0 Å². The summed E-state index contributed by atoms with van der Waals surface area (Å²) in [5.74, 6) is 0.336. The number of nitrogens with one attached hydrogen (secondary N) is 1. The maximum absolute atomic E-state index is 12.5. The zero-order valence-electron chi connectivity index (χ0n) is 13.8. The molecule has 2 aromatic carbocycles. The third-order valence-corrected chi connectivity index (χ3v) is 3.25. The summed E-state index contributed by atoms with van der Waals surface area (Å²) in [6, 6.07) is 8.83. The first-order valence-electron chi connectivity index (χ1n) is 7.14. The van der Waals surface area contributed by atoms with E-state index in [2.05, 4.69) is 10.1 Å². The molecule has 0 bridgehead atoms. The molecule has 1 N–H and O–H groups in total. The number of carbonyl (C=O) groups excluding carboxylic acids is 1. The summed E-state index contributed by atoms with van der Waals surface area (Å²) in [6.45, 7) is -3.03. The highest BCUT2D eigenvalue weighted by Crippen LogP contribution is 2.30. The quantitative estimate of drug-likeness (QED) is 0.824. The van der Waals surface area contributed by atoms with Crippen LogP contribution in [0.5, 0.6) is 23.0 Å². The minimum absolute atomic E-state index is 0.0971. The normalized spacial score (nSPS) is 10.3. The zero-order valence-corrected chi connectivity index (χ0v) is 13.8. The Hall–Kier alpha value is -3.03. The molecular formula is C17H17F2NO5. The second-order valence-electron chi connectivity index (χ2n) is 4.80. The summed E-state index contributed by atoms with van der Waals surface area (Å²) in [4.78, 5) is 12.4. The van der Waals surface area contributed by atoms with Crippen LogP contribution in [0.15, 0.2) is 36.4 Å². The average Bonchev–Trinajstić information content (AvgIpc) is 2.60. The van der Waals surface area contributed by atoms with Crippen LogP contribution < -0.4 is 24.3 Å². The fourth-order valence-electron chi connectivity index (χ4n) is 2.09. The second-order valence-corrected chi connectivity index (χ2v) is 4.80. The van der Waals surface area contributed by atoms with Gasteiger partial charge in [0.2, 0.25) is 0 Å². The third kappa shape index (κ3) is 4.72. The zero-order chi connectivity index (χ0) is 18.4. The molecule has 8 heteroatoms. The molecule has 0 atom stereocenters. The Labute approximate surface area is 143 Å². The highest BCUT2D eigenvalue weighted by Gasteiger charge is 2.15. The van der Waals surface area contributed by atoms with Gasteiger partial charge in [-0.05, 0) is 18.2 Å². The number of methoxy groups -OCH3 is 3. The van der Waals surface area contributed by atoms with Crippen molar-refractivity contribution in [3.05, 3.63) is 42.0 Å². The van der Waals surface area contributed by atoms with Crippen LogP contribution in [0.25, 0.3) is 0 Å². The third-order valence-electron chi connectivity index (χ3n) is 3.25. The van der Waals surface area contributed by atoms with Crippen molar-refractivity contribution < 1.29 is 32.5 Å².